The van der Waals surface area contributed by atoms with Gasteiger partial charge in [-0.25, -0.2) is 0 Å². The van der Waals surface area contributed by atoms with Crippen LogP contribution in [0.1, 0.15) is 25.8 Å². The standard InChI is InChI=1S/C13H23N2O2P/c1-10(2)8-12(14)18(16,17)13(15)9-11-6-4-3-5-7-11/h3-7,10,12-13H,8-9,14-15H2,1-2H3,(H,16,17). The van der Waals surface area contributed by atoms with Crippen molar-refractivity contribution < 1.29 is 9.46 Å². The number of benzene rings is 1. The minimum Gasteiger partial charge on any atom is -0.342 e. The van der Waals surface area contributed by atoms with E-state index in [0.717, 1.165) is 5.56 Å². The summed E-state index contributed by atoms with van der Waals surface area (Å²) in [6, 6.07) is 9.47. The van der Waals surface area contributed by atoms with Gasteiger partial charge in [0.2, 0.25) is 7.37 Å². The van der Waals surface area contributed by atoms with Crippen LogP contribution >= 0.6 is 7.37 Å². The molecule has 0 amide bonds. The third kappa shape index (κ3) is 4.21. The summed E-state index contributed by atoms with van der Waals surface area (Å²) < 4.78 is 12.3. The summed E-state index contributed by atoms with van der Waals surface area (Å²) in [5.74, 6) is -1.26. The molecule has 3 atom stereocenters. The van der Waals surface area contributed by atoms with Crippen LogP contribution in [-0.4, -0.2) is 16.5 Å². The summed E-state index contributed by atoms with van der Waals surface area (Å²) in [7, 11) is -3.54. The molecular formula is C13H23N2O2P. The van der Waals surface area contributed by atoms with Crippen molar-refractivity contribution in [2.75, 3.05) is 0 Å². The molecule has 0 heterocycles. The van der Waals surface area contributed by atoms with E-state index >= 15 is 0 Å². The summed E-state index contributed by atoms with van der Waals surface area (Å²) >= 11 is 0. The first-order chi connectivity index (χ1) is 8.34. The highest BCUT2D eigenvalue weighted by Crippen LogP contribution is 2.49. The third-order valence-corrected chi connectivity index (χ3v) is 5.25. The molecule has 0 bridgehead atoms. The highest BCUT2D eigenvalue weighted by Gasteiger charge is 2.34. The molecule has 1 aromatic carbocycles. The third-order valence-electron chi connectivity index (χ3n) is 2.95. The average molecular weight is 270 g/mol. The lowest BCUT2D eigenvalue weighted by Crippen LogP contribution is -2.33. The zero-order valence-electron chi connectivity index (χ0n) is 11.0. The van der Waals surface area contributed by atoms with Crippen molar-refractivity contribution >= 4 is 7.37 Å². The van der Waals surface area contributed by atoms with Gasteiger partial charge in [-0.2, -0.15) is 0 Å². The molecule has 0 saturated carbocycles. The van der Waals surface area contributed by atoms with Gasteiger partial charge in [0.25, 0.3) is 0 Å². The molecule has 0 aliphatic carbocycles. The van der Waals surface area contributed by atoms with Crippen molar-refractivity contribution in [2.24, 2.45) is 17.4 Å². The van der Waals surface area contributed by atoms with E-state index in [1.807, 2.05) is 44.2 Å². The van der Waals surface area contributed by atoms with Gasteiger partial charge < -0.3 is 16.4 Å². The number of nitrogens with two attached hydrogens (primary N) is 2. The van der Waals surface area contributed by atoms with Crippen LogP contribution in [0.4, 0.5) is 0 Å². The Kier molecular flexibility index (Phi) is 5.54. The van der Waals surface area contributed by atoms with Crippen molar-refractivity contribution in [3.8, 4) is 0 Å². The van der Waals surface area contributed by atoms with Crippen LogP contribution in [0, 0.1) is 5.92 Å². The Bertz CT molecular complexity index is 409. The summed E-state index contributed by atoms with van der Waals surface area (Å²) in [6.07, 6.45) is 0.886. The fourth-order valence-corrected chi connectivity index (χ4v) is 3.55. The lowest BCUT2D eigenvalue weighted by atomic mass is 10.1. The maximum atomic E-state index is 12.3. The van der Waals surface area contributed by atoms with Crippen molar-refractivity contribution in [2.45, 2.75) is 38.3 Å². The maximum absolute atomic E-state index is 12.3. The monoisotopic (exact) mass is 270 g/mol. The quantitative estimate of drug-likeness (QED) is 0.691. The van der Waals surface area contributed by atoms with Crippen LogP contribution in [-0.2, 0) is 11.0 Å². The zero-order valence-corrected chi connectivity index (χ0v) is 11.9. The molecular weight excluding hydrogens is 247 g/mol. The summed E-state index contributed by atoms with van der Waals surface area (Å²) in [4.78, 5) is 10.1. The van der Waals surface area contributed by atoms with E-state index in [1.165, 1.54) is 0 Å². The lowest BCUT2D eigenvalue weighted by Gasteiger charge is -2.26. The highest BCUT2D eigenvalue weighted by molar-refractivity contribution is 7.59. The van der Waals surface area contributed by atoms with Gasteiger partial charge in [0.15, 0.2) is 0 Å². The van der Waals surface area contributed by atoms with E-state index < -0.39 is 18.9 Å². The topological polar surface area (TPSA) is 89.3 Å². The van der Waals surface area contributed by atoms with Gasteiger partial charge in [-0.1, -0.05) is 44.2 Å². The molecule has 102 valence electrons. The van der Waals surface area contributed by atoms with Gasteiger partial charge in [0.1, 0.15) is 0 Å². The van der Waals surface area contributed by atoms with E-state index in [2.05, 4.69) is 0 Å². The van der Waals surface area contributed by atoms with Crippen LogP contribution in [0.3, 0.4) is 0 Å². The fourth-order valence-electron chi connectivity index (χ4n) is 1.87. The Labute approximate surface area is 109 Å². The predicted molar refractivity (Wildman–Crippen MR) is 75.4 cm³/mol. The molecule has 0 spiro atoms. The first kappa shape index (κ1) is 15.4. The van der Waals surface area contributed by atoms with Crippen LogP contribution in [0.5, 0.6) is 0 Å². The summed E-state index contributed by atoms with van der Waals surface area (Å²) in [5, 5.41) is 0. The molecule has 3 unspecified atom stereocenters. The van der Waals surface area contributed by atoms with Gasteiger partial charge in [-0.15, -0.1) is 0 Å². The molecule has 18 heavy (non-hydrogen) atoms. The minimum absolute atomic E-state index is 0.282. The van der Waals surface area contributed by atoms with Crippen LogP contribution in [0.2, 0.25) is 0 Å². The zero-order chi connectivity index (χ0) is 13.8. The van der Waals surface area contributed by atoms with E-state index in [-0.39, 0.29) is 5.92 Å². The first-order valence-corrected chi connectivity index (χ1v) is 8.01. The SMILES string of the molecule is CC(C)CC(N)P(=O)(O)C(N)Cc1ccccc1. The fraction of sp³-hybridized carbons (Fsp3) is 0.538. The molecule has 0 aromatic heterocycles. The molecule has 1 rings (SSSR count). The molecule has 4 nitrogen and oxygen atoms in total. The van der Waals surface area contributed by atoms with Crippen LogP contribution < -0.4 is 11.5 Å². The molecule has 5 heteroatoms. The average Bonchev–Trinajstić information content (AvgIpc) is 2.29. The highest BCUT2D eigenvalue weighted by atomic mass is 31.2. The normalized spacial score (nSPS) is 18.3. The second-order valence-electron chi connectivity index (χ2n) is 5.13. The molecule has 0 aliphatic rings. The molecule has 0 fully saturated rings. The van der Waals surface area contributed by atoms with Crippen LogP contribution in [0.15, 0.2) is 30.3 Å². The Morgan fingerprint density at radius 1 is 1.17 bits per heavy atom. The molecule has 0 radical (unpaired) electrons. The first-order valence-electron chi connectivity index (χ1n) is 6.21. The Balaban J connectivity index is 2.70. The largest absolute Gasteiger partial charge is 0.342 e. The Morgan fingerprint density at radius 2 is 1.72 bits per heavy atom. The van der Waals surface area contributed by atoms with Gasteiger partial charge in [0.05, 0.1) is 11.6 Å². The molecule has 1 aromatic rings. The van der Waals surface area contributed by atoms with E-state index in [0.29, 0.717) is 12.8 Å². The van der Waals surface area contributed by atoms with Crippen LogP contribution in [0.25, 0.3) is 0 Å². The van der Waals surface area contributed by atoms with Crippen molar-refractivity contribution in [1.29, 1.82) is 0 Å². The summed E-state index contributed by atoms with van der Waals surface area (Å²) in [6.45, 7) is 3.95. The smallest absolute Gasteiger partial charge is 0.233 e. The second kappa shape index (κ2) is 6.48. The van der Waals surface area contributed by atoms with E-state index in [4.69, 9.17) is 11.5 Å². The number of hydrogen-bond donors (Lipinski definition) is 3. The number of hydrogen-bond acceptors (Lipinski definition) is 3. The van der Waals surface area contributed by atoms with E-state index in [1.54, 1.807) is 0 Å². The van der Waals surface area contributed by atoms with Gasteiger partial charge >= 0.3 is 0 Å². The second-order valence-corrected chi connectivity index (χ2v) is 7.80. The molecule has 0 saturated heterocycles. The van der Waals surface area contributed by atoms with Crippen molar-refractivity contribution in [3.05, 3.63) is 35.9 Å². The summed E-state index contributed by atoms with van der Waals surface area (Å²) in [5.41, 5.74) is 12.6. The lowest BCUT2D eigenvalue weighted by molar-refractivity contribution is 0.429. The predicted octanol–water partition coefficient (Wildman–Crippen LogP) is 2.12. The van der Waals surface area contributed by atoms with Gasteiger partial charge in [0, 0.05) is 0 Å². The van der Waals surface area contributed by atoms with Crippen molar-refractivity contribution in [3.63, 3.8) is 0 Å². The van der Waals surface area contributed by atoms with E-state index in [9.17, 15) is 9.46 Å². The maximum Gasteiger partial charge on any atom is 0.233 e. The minimum atomic E-state index is -3.54. The Hall–Kier alpha value is -0.670. The van der Waals surface area contributed by atoms with Gasteiger partial charge in [-0.05, 0) is 24.3 Å². The molecule has 0 aliphatic heterocycles. The molecule has 5 N–H and O–H groups in total. The van der Waals surface area contributed by atoms with Crippen molar-refractivity contribution in [1.82, 2.24) is 0 Å². The van der Waals surface area contributed by atoms with Gasteiger partial charge in [-0.3, -0.25) is 4.57 Å². The Morgan fingerprint density at radius 3 is 2.22 bits per heavy atom. The number of rotatable bonds is 6.